The van der Waals surface area contributed by atoms with Crippen LogP contribution in [-0.4, -0.2) is 29.9 Å². The Balaban J connectivity index is 1.90. The molecule has 1 heterocycles. The highest BCUT2D eigenvalue weighted by Crippen LogP contribution is 2.20. The van der Waals surface area contributed by atoms with Gasteiger partial charge in [-0.05, 0) is 38.9 Å². The van der Waals surface area contributed by atoms with E-state index in [1.807, 2.05) is 30.3 Å². The van der Waals surface area contributed by atoms with Gasteiger partial charge in [0.15, 0.2) is 0 Å². The number of anilines is 1. The van der Waals surface area contributed by atoms with Crippen molar-refractivity contribution in [3.05, 3.63) is 30.3 Å². The van der Waals surface area contributed by atoms with Crippen LogP contribution in [0.4, 0.5) is 5.69 Å². The highest BCUT2D eigenvalue weighted by atomic mass is 16.1. The second kappa shape index (κ2) is 5.32. The maximum absolute atomic E-state index is 12.0. The second-order valence-corrected chi connectivity index (χ2v) is 4.93. The first-order chi connectivity index (χ1) is 8.16. The summed E-state index contributed by atoms with van der Waals surface area (Å²) in [4.78, 5) is 14.4. The molecule has 0 saturated carbocycles. The summed E-state index contributed by atoms with van der Waals surface area (Å²) in [6, 6.07) is 10.2. The molecule has 3 heteroatoms. The van der Waals surface area contributed by atoms with Gasteiger partial charge >= 0.3 is 0 Å². The zero-order chi connectivity index (χ0) is 12.3. The van der Waals surface area contributed by atoms with E-state index >= 15 is 0 Å². The van der Waals surface area contributed by atoms with E-state index in [-0.39, 0.29) is 11.8 Å². The van der Waals surface area contributed by atoms with Crippen molar-refractivity contribution in [2.75, 3.05) is 18.4 Å². The number of amides is 1. The van der Waals surface area contributed by atoms with Gasteiger partial charge in [-0.25, -0.2) is 0 Å². The molecule has 1 aromatic carbocycles. The molecule has 0 aliphatic carbocycles. The number of rotatable bonds is 3. The predicted octanol–water partition coefficient (Wildman–Crippen LogP) is 2.36. The Morgan fingerprint density at radius 1 is 1.35 bits per heavy atom. The molecule has 17 heavy (non-hydrogen) atoms. The minimum Gasteiger partial charge on any atom is -0.326 e. The molecule has 1 saturated heterocycles. The van der Waals surface area contributed by atoms with E-state index in [9.17, 15) is 4.79 Å². The van der Waals surface area contributed by atoms with Gasteiger partial charge in [-0.2, -0.15) is 0 Å². The molecule has 2 rings (SSSR count). The van der Waals surface area contributed by atoms with Crippen molar-refractivity contribution in [3.8, 4) is 0 Å². The molecule has 1 aliphatic heterocycles. The second-order valence-electron chi connectivity index (χ2n) is 4.93. The highest BCUT2D eigenvalue weighted by molar-refractivity contribution is 5.92. The molecule has 1 aliphatic rings. The van der Waals surface area contributed by atoms with E-state index in [4.69, 9.17) is 0 Å². The Kier molecular flexibility index (Phi) is 3.79. The summed E-state index contributed by atoms with van der Waals surface area (Å²) < 4.78 is 0. The van der Waals surface area contributed by atoms with Gasteiger partial charge in [0.05, 0.1) is 5.92 Å². The minimum absolute atomic E-state index is 0.137. The van der Waals surface area contributed by atoms with Gasteiger partial charge in [0.1, 0.15) is 0 Å². The largest absolute Gasteiger partial charge is 0.326 e. The third-order valence-corrected chi connectivity index (χ3v) is 3.36. The minimum atomic E-state index is 0.137. The summed E-state index contributed by atoms with van der Waals surface area (Å²) in [5.41, 5.74) is 0.889. The maximum Gasteiger partial charge on any atom is 0.228 e. The van der Waals surface area contributed by atoms with Gasteiger partial charge in [-0.1, -0.05) is 18.2 Å². The third-order valence-electron chi connectivity index (χ3n) is 3.36. The number of benzene rings is 1. The summed E-state index contributed by atoms with van der Waals surface area (Å²) in [5, 5.41) is 2.98. The molecule has 1 N–H and O–H groups in total. The Hall–Kier alpha value is -1.35. The van der Waals surface area contributed by atoms with Crippen LogP contribution in [0.3, 0.4) is 0 Å². The number of hydrogen-bond acceptors (Lipinski definition) is 2. The quantitative estimate of drug-likeness (QED) is 0.867. The fraction of sp³-hybridized carbons (Fsp3) is 0.500. The third kappa shape index (κ3) is 3.07. The fourth-order valence-corrected chi connectivity index (χ4v) is 2.24. The van der Waals surface area contributed by atoms with Crippen molar-refractivity contribution in [2.45, 2.75) is 26.3 Å². The van der Waals surface area contributed by atoms with Gasteiger partial charge in [-0.3, -0.25) is 4.79 Å². The summed E-state index contributed by atoms with van der Waals surface area (Å²) in [6.45, 7) is 6.27. The zero-order valence-electron chi connectivity index (χ0n) is 10.5. The lowest BCUT2D eigenvalue weighted by Crippen LogP contribution is -2.31. The Morgan fingerprint density at radius 3 is 2.65 bits per heavy atom. The first-order valence-electron chi connectivity index (χ1n) is 6.27. The van der Waals surface area contributed by atoms with Crippen LogP contribution in [0.5, 0.6) is 0 Å². The average molecular weight is 232 g/mol. The molecular weight excluding hydrogens is 212 g/mol. The van der Waals surface area contributed by atoms with E-state index in [1.54, 1.807) is 0 Å². The van der Waals surface area contributed by atoms with Crippen molar-refractivity contribution in [2.24, 2.45) is 5.92 Å². The van der Waals surface area contributed by atoms with E-state index in [0.29, 0.717) is 6.04 Å². The summed E-state index contributed by atoms with van der Waals surface area (Å²) in [6.07, 6.45) is 0.969. The normalized spacial score (nSPS) is 20.8. The van der Waals surface area contributed by atoms with E-state index < -0.39 is 0 Å². The molecule has 3 nitrogen and oxygen atoms in total. The van der Waals surface area contributed by atoms with Crippen LogP contribution in [0.15, 0.2) is 30.3 Å². The van der Waals surface area contributed by atoms with Crippen molar-refractivity contribution >= 4 is 11.6 Å². The lowest BCUT2D eigenvalue weighted by molar-refractivity contribution is -0.119. The molecule has 0 unspecified atom stereocenters. The Bertz CT molecular complexity index is 375. The Labute approximate surface area is 103 Å². The van der Waals surface area contributed by atoms with Crippen LogP contribution < -0.4 is 5.32 Å². The van der Waals surface area contributed by atoms with Crippen molar-refractivity contribution in [1.82, 2.24) is 4.90 Å². The summed E-state index contributed by atoms with van der Waals surface area (Å²) in [7, 11) is 0. The maximum atomic E-state index is 12.0. The van der Waals surface area contributed by atoms with Gasteiger partial charge in [0.25, 0.3) is 0 Å². The molecule has 0 spiro atoms. The molecule has 0 radical (unpaired) electrons. The van der Waals surface area contributed by atoms with Crippen LogP contribution in [-0.2, 0) is 4.79 Å². The first-order valence-corrected chi connectivity index (χ1v) is 6.27. The predicted molar refractivity (Wildman–Crippen MR) is 69.9 cm³/mol. The zero-order valence-corrected chi connectivity index (χ0v) is 10.5. The van der Waals surface area contributed by atoms with Crippen LogP contribution in [0, 0.1) is 5.92 Å². The smallest absolute Gasteiger partial charge is 0.228 e. The SMILES string of the molecule is CC(C)N1CC[C@@H](C(=O)Nc2ccccc2)C1. The van der Waals surface area contributed by atoms with Gasteiger partial charge in [-0.15, -0.1) is 0 Å². The Morgan fingerprint density at radius 2 is 2.06 bits per heavy atom. The number of hydrogen-bond donors (Lipinski definition) is 1. The average Bonchev–Trinajstić information content (AvgIpc) is 2.79. The lowest BCUT2D eigenvalue weighted by Gasteiger charge is -2.19. The molecule has 0 aromatic heterocycles. The topological polar surface area (TPSA) is 32.3 Å². The number of likely N-dealkylation sites (tertiary alicyclic amines) is 1. The number of para-hydroxylation sites is 1. The number of nitrogens with zero attached hydrogens (tertiary/aromatic N) is 1. The van der Waals surface area contributed by atoms with Gasteiger partial charge in [0, 0.05) is 18.3 Å². The summed E-state index contributed by atoms with van der Waals surface area (Å²) >= 11 is 0. The fourth-order valence-electron chi connectivity index (χ4n) is 2.24. The first kappa shape index (κ1) is 12.1. The molecule has 1 aromatic rings. The van der Waals surface area contributed by atoms with Gasteiger partial charge < -0.3 is 10.2 Å². The van der Waals surface area contributed by atoms with Crippen molar-refractivity contribution in [1.29, 1.82) is 0 Å². The summed E-state index contributed by atoms with van der Waals surface area (Å²) in [5.74, 6) is 0.289. The van der Waals surface area contributed by atoms with E-state index in [1.165, 1.54) is 0 Å². The van der Waals surface area contributed by atoms with Gasteiger partial charge in [0.2, 0.25) is 5.91 Å². The van der Waals surface area contributed by atoms with Crippen LogP contribution in [0.2, 0.25) is 0 Å². The van der Waals surface area contributed by atoms with E-state index in [0.717, 1.165) is 25.2 Å². The van der Waals surface area contributed by atoms with Crippen molar-refractivity contribution < 1.29 is 4.79 Å². The molecule has 1 atom stereocenters. The van der Waals surface area contributed by atoms with Crippen LogP contribution in [0.1, 0.15) is 20.3 Å². The number of carbonyl (C=O) groups excluding carboxylic acids is 1. The molecule has 1 amide bonds. The molecule has 0 bridgehead atoms. The van der Waals surface area contributed by atoms with Crippen molar-refractivity contribution in [3.63, 3.8) is 0 Å². The number of carbonyl (C=O) groups is 1. The molecular formula is C14H20N2O. The molecule has 92 valence electrons. The lowest BCUT2D eigenvalue weighted by atomic mass is 10.1. The monoisotopic (exact) mass is 232 g/mol. The van der Waals surface area contributed by atoms with E-state index in [2.05, 4.69) is 24.1 Å². The van der Waals surface area contributed by atoms with Crippen LogP contribution >= 0.6 is 0 Å². The molecule has 1 fully saturated rings. The van der Waals surface area contributed by atoms with Crippen LogP contribution in [0.25, 0.3) is 0 Å². The highest BCUT2D eigenvalue weighted by Gasteiger charge is 2.29. The number of nitrogens with one attached hydrogen (secondary N) is 1. The standard InChI is InChI=1S/C14H20N2O/c1-11(2)16-9-8-12(10-16)14(17)15-13-6-4-3-5-7-13/h3-7,11-12H,8-10H2,1-2H3,(H,15,17)/t12-/m1/s1.